The molecule has 0 saturated heterocycles. The summed E-state index contributed by atoms with van der Waals surface area (Å²) < 4.78 is 0. The van der Waals surface area contributed by atoms with Gasteiger partial charge in [-0.05, 0) is 17.5 Å². The molecule has 1 aromatic heterocycles. The Morgan fingerprint density at radius 1 is 1.47 bits per heavy atom. The summed E-state index contributed by atoms with van der Waals surface area (Å²) in [6.45, 7) is -0.191. The SMILES string of the molecule is CN(CC(=O)O)c1nccc2cc([N+](=O)[O-])ccc12. The van der Waals surface area contributed by atoms with Crippen molar-refractivity contribution in [3.8, 4) is 0 Å². The van der Waals surface area contributed by atoms with Crippen molar-refractivity contribution in [2.24, 2.45) is 0 Å². The molecule has 0 amide bonds. The number of carbonyl (C=O) groups is 1. The third-order valence-electron chi connectivity index (χ3n) is 2.67. The maximum absolute atomic E-state index is 10.7. The predicted molar refractivity (Wildman–Crippen MR) is 69.3 cm³/mol. The van der Waals surface area contributed by atoms with Crippen molar-refractivity contribution in [1.82, 2.24) is 4.98 Å². The van der Waals surface area contributed by atoms with Gasteiger partial charge in [-0.2, -0.15) is 0 Å². The van der Waals surface area contributed by atoms with Crippen molar-refractivity contribution in [2.75, 3.05) is 18.5 Å². The largest absolute Gasteiger partial charge is 0.480 e. The smallest absolute Gasteiger partial charge is 0.323 e. The number of non-ortho nitro benzene ring substituents is 1. The first kappa shape index (κ1) is 12.7. The second kappa shape index (κ2) is 4.89. The molecule has 2 aromatic rings. The minimum Gasteiger partial charge on any atom is -0.480 e. The van der Waals surface area contributed by atoms with Crippen LogP contribution >= 0.6 is 0 Å². The zero-order chi connectivity index (χ0) is 14.0. The maximum atomic E-state index is 10.7. The number of likely N-dealkylation sites (N-methyl/N-ethyl adjacent to an activating group) is 1. The average Bonchev–Trinajstić information content (AvgIpc) is 2.36. The molecule has 0 atom stereocenters. The number of anilines is 1. The molecule has 7 heteroatoms. The summed E-state index contributed by atoms with van der Waals surface area (Å²) in [6.07, 6.45) is 1.50. The van der Waals surface area contributed by atoms with Crippen LogP contribution < -0.4 is 4.90 Å². The molecule has 1 heterocycles. The van der Waals surface area contributed by atoms with E-state index in [0.29, 0.717) is 16.6 Å². The van der Waals surface area contributed by atoms with Crippen molar-refractivity contribution in [3.05, 3.63) is 40.6 Å². The molecule has 1 N–H and O–H groups in total. The summed E-state index contributed by atoms with van der Waals surface area (Å²) >= 11 is 0. The van der Waals surface area contributed by atoms with Crippen molar-refractivity contribution in [3.63, 3.8) is 0 Å². The molecule has 98 valence electrons. The van der Waals surface area contributed by atoms with Crippen LogP contribution in [0.15, 0.2) is 30.5 Å². The van der Waals surface area contributed by atoms with Crippen LogP contribution in [0.1, 0.15) is 0 Å². The van der Waals surface area contributed by atoms with Crippen LogP contribution in [0.4, 0.5) is 11.5 Å². The number of nitro benzene ring substituents is 1. The summed E-state index contributed by atoms with van der Waals surface area (Å²) in [4.78, 5) is 26.6. The van der Waals surface area contributed by atoms with Gasteiger partial charge in [-0.3, -0.25) is 14.9 Å². The Morgan fingerprint density at radius 3 is 2.84 bits per heavy atom. The van der Waals surface area contributed by atoms with E-state index in [1.54, 1.807) is 19.2 Å². The second-order valence-corrected chi connectivity index (χ2v) is 4.05. The number of hydrogen-bond acceptors (Lipinski definition) is 5. The van der Waals surface area contributed by atoms with Gasteiger partial charge in [0.1, 0.15) is 12.4 Å². The molecule has 0 unspecified atom stereocenters. The quantitative estimate of drug-likeness (QED) is 0.664. The van der Waals surface area contributed by atoms with Gasteiger partial charge in [0.15, 0.2) is 0 Å². The van der Waals surface area contributed by atoms with E-state index in [1.807, 2.05) is 0 Å². The van der Waals surface area contributed by atoms with Crippen molar-refractivity contribution in [2.45, 2.75) is 0 Å². The van der Waals surface area contributed by atoms with Gasteiger partial charge in [0, 0.05) is 30.8 Å². The van der Waals surface area contributed by atoms with Crippen LogP contribution in [0, 0.1) is 10.1 Å². The lowest BCUT2D eigenvalue weighted by atomic mass is 10.1. The van der Waals surface area contributed by atoms with E-state index in [9.17, 15) is 14.9 Å². The van der Waals surface area contributed by atoms with Gasteiger partial charge in [-0.25, -0.2) is 4.98 Å². The highest BCUT2D eigenvalue weighted by Gasteiger charge is 2.13. The van der Waals surface area contributed by atoms with Crippen LogP contribution in [0.2, 0.25) is 0 Å². The lowest BCUT2D eigenvalue weighted by Crippen LogP contribution is -2.26. The first-order valence-corrected chi connectivity index (χ1v) is 5.45. The van der Waals surface area contributed by atoms with E-state index in [-0.39, 0.29) is 12.2 Å². The number of nitro groups is 1. The molecular weight excluding hydrogens is 250 g/mol. The van der Waals surface area contributed by atoms with Crippen molar-refractivity contribution >= 4 is 28.2 Å². The van der Waals surface area contributed by atoms with Gasteiger partial charge in [0.05, 0.1) is 4.92 Å². The summed E-state index contributed by atoms with van der Waals surface area (Å²) in [5.41, 5.74) is -0.00876. The third kappa shape index (κ3) is 2.59. The Balaban J connectivity index is 2.51. The lowest BCUT2D eigenvalue weighted by Gasteiger charge is -2.17. The Bertz CT molecular complexity index is 656. The van der Waals surface area contributed by atoms with Crippen LogP contribution in [-0.4, -0.2) is 34.6 Å². The molecule has 0 bridgehead atoms. The van der Waals surface area contributed by atoms with Gasteiger partial charge in [0.25, 0.3) is 5.69 Å². The van der Waals surface area contributed by atoms with Gasteiger partial charge in [-0.15, -0.1) is 0 Å². The zero-order valence-corrected chi connectivity index (χ0v) is 10.1. The molecule has 0 fully saturated rings. The first-order valence-electron chi connectivity index (χ1n) is 5.45. The fraction of sp³-hybridized carbons (Fsp3) is 0.167. The number of carboxylic acids is 1. The minimum atomic E-state index is -0.969. The number of carboxylic acid groups (broad SMARTS) is 1. The van der Waals surface area contributed by atoms with E-state index in [4.69, 9.17) is 5.11 Å². The summed E-state index contributed by atoms with van der Waals surface area (Å²) in [6, 6.07) is 6.05. The number of aliphatic carboxylic acids is 1. The fourth-order valence-electron chi connectivity index (χ4n) is 1.84. The summed E-state index contributed by atoms with van der Waals surface area (Å²) in [5.74, 6) is -0.488. The highest BCUT2D eigenvalue weighted by atomic mass is 16.6. The molecule has 0 aliphatic heterocycles. The van der Waals surface area contributed by atoms with Crippen molar-refractivity contribution < 1.29 is 14.8 Å². The molecular formula is C12H11N3O4. The molecule has 19 heavy (non-hydrogen) atoms. The Labute approximate surface area is 108 Å². The molecule has 2 rings (SSSR count). The average molecular weight is 261 g/mol. The van der Waals surface area contributed by atoms with Gasteiger partial charge < -0.3 is 10.0 Å². The Hall–Kier alpha value is -2.70. The van der Waals surface area contributed by atoms with Crippen LogP contribution in [0.3, 0.4) is 0 Å². The van der Waals surface area contributed by atoms with Gasteiger partial charge >= 0.3 is 5.97 Å². The minimum absolute atomic E-state index is 0.00876. The number of benzene rings is 1. The molecule has 0 saturated carbocycles. The number of hydrogen-bond donors (Lipinski definition) is 1. The van der Waals surface area contributed by atoms with E-state index in [0.717, 1.165) is 0 Å². The number of fused-ring (bicyclic) bond motifs is 1. The normalized spacial score (nSPS) is 10.4. The fourth-order valence-corrected chi connectivity index (χ4v) is 1.84. The first-order chi connectivity index (χ1) is 8.99. The van der Waals surface area contributed by atoms with Crippen LogP contribution in [-0.2, 0) is 4.79 Å². The number of pyridine rings is 1. The number of rotatable bonds is 4. The molecule has 0 aliphatic rings. The molecule has 1 aromatic carbocycles. The predicted octanol–water partition coefficient (Wildman–Crippen LogP) is 1.66. The summed E-state index contributed by atoms with van der Waals surface area (Å²) in [5, 5.41) is 20.8. The highest BCUT2D eigenvalue weighted by molar-refractivity contribution is 5.94. The molecule has 0 spiro atoms. The van der Waals surface area contributed by atoms with Gasteiger partial charge in [0.2, 0.25) is 0 Å². The topological polar surface area (TPSA) is 96.6 Å². The highest BCUT2D eigenvalue weighted by Crippen LogP contribution is 2.26. The third-order valence-corrected chi connectivity index (χ3v) is 2.67. The zero-order valence-electron chi connectivity index (χ0n) is 10.1. The van der Waals surface area contributed by atoms with Gasteiger partial charge in [-0.1, -0.05) is 0 Å². The van der Waals surface area contributed by atoms with Crippen molar-refractivity contribution in [1.29, 1.82) is 0 Å². The molecule has 0 aliphatic carbocycles. The summed E-state index contributed by atoms with van der Waals surface area (Å²) in [7, 11) is 1.61. The second-order valence-electron chi connectivity index (χ2n) is 4.05. The lowest BCUT2D eigenvalue weighted by molar-refractivity contribution is -0.384. The van der Waals surface area contributed by atoms with E-state index in [1.165, 1.54) is 23.2 Å². The van der Waals surface area contributed by atoms with E-state index < -0.39 is 10.9 Å². The molecule has 7 nitrogen and oxygen atoms in total. The Morgan fingerprint density at radius 2 is 2.21 bits per heavy atom. The number of aromatic nitrogens is 1. The molecule has 0 radical (unpaired) electrons. The Kier molecular flexibility index (Phi) is 3.28. The maximum Gasteiger partial charge on any atom is 0.323 e. The van der Waals surface area contributed by atoms with E-state index in [2.05, 4.69) is 4.98 Å². The monoisotopic (exact) mass is 261 g/mol. The van der Waals surface area contributed by atoms with E-state index >= 15 is 0 Å². The standard InChI is InChI=1S/C12H11N3O4/c1-14(7-11(16)17)12-10-3-2-9(15(18)19)6-8(10)4-5-13-12/h2-6H,7H2,1H3,(H,16,17). The van der Waals surface area contributed by atoms with Crippen LogP contribution in [0.5, 0.6) is 0 Å². The number of nitrogens with zero attached hydrogens (tertiary/aromatic N) is 3. The van der Waals surface area contributed by atoms with Crippen LogP contribution in [0.25, 0.3) is 10.8 Å².